The maximum atomic E-state index is 2.45. The van der Waals surface area contributed by atoms with E-state index in [0.717, 1.165) is 6.54 Å². The number of nitrogens with zero attached hydrogens (tertiary/aromatic N) is 1. The van der Waals surface area contributed by atoms with Crippen LogP contribution in [-0.4, -0.2) is 16.1 Å². The number of para-hydroxylation sites is 2. The van der Waals surface area contributed by atoms with Gasteiger partial charge in [0.1, 0.15) is 0 Å². The molecule has 0 saturated heterocycles. The molecule has 0 N–H and O–H groups in total. The van der Waals surface area contributed by atoms with E-state index in [0.29, 0.717) is 0 Å². The smallest absolute Gasteiger partial charge is 0.0470 e. The first-order valence-electron chi connectivity index (χ1n) is 7.28. The molecule has 0 saturated carbocycles. The molecule has 0 unspecified atom stereocenters. The minimum Gasteiger partial charge on any atom is -0.342 e. The molecular formula is C18H23NSi. The Morgan fingerprint density at radius 1 is 0.900 bits per heavy atom. The van der Waals surface area contributed by atoms with Gasteiger partial charge in [0, 0.05) is 27.4 Å². The molecule has 0 aliphatic carbocycles. The average Bonchev–Trinajstić information content (AvgIpc) is 2.49. The summed E-state index contributed by atoms with van der Waals surface area (Å²) in [4.78, 5) is 2.42. The summed E-state index contributed by atoms with van der Waals surface area (Å²) >= 11 is 0. The zero-order valence-electron chi connectivity index (χ0n) is 12.4. The molecular weight excluding hydrogens is 258 g/mol. The van der Waals surface area contributed by atoms with Crippen LogP contribution in [0.3, 0.4) is 0 Å². The van der Waals surface area contributed by atoms with Crippen molar-refractivity contribution in [1.29, 1.82) is 0 Å². The lowest BCUT2D eigenvalue weighted by molar-refractivity contribution is 1.02. The fourth-order valence-corrected chi connectivity index (χ4v) is 3.54. The van der Waals surface area contributed by atoms with Gasteiger partial charge in [0.25, 0.3) is 0 Å². The highest BCUT2D eigenvalue weighted by molar-refractivity contribution is 6.42. The highest BCUT2D eigenvalue weighted by Gasteiger charge is 2.07. The second-order valence-electron chi connectivity index (χ2n) is 5.25. The van der Waals surface area contributed by atoms with E-state index in [4.69, 9.17) is 0 Å². The third-order valence-electron chi connectivity index (χ3n) is 3.27. The molecule has 20 heavy (non-hydrogen) atoms. The van der Waals surface area contributed by atoms with E-state index in [1.54, 1.807) is 0 Å². The van der Waals surface area contributed by atoms with Crippen molar-refractivity contribution >= 4 is 20.9 Å². The van der Waals surface area contributed by atoms with Gasteiger partial charge in [-0.15, -0.1) is 5.70 Å². The Bertz CT molecular complexity index is 490. The Hall–Kier alpha value is -1.80. The Balaban J connectivity index is 2.11. The van der Waals surface area contributed by atoms with Crippen molar-refractivity contribution in [2.45, 2.75) is 19.9 Å². The molecule has 0 bridgehead atoms. The minimum atomic E-state index is -0.0924. The first-order chi connectivity index (χ1) is 9.77. The molecule has 0 amide bonds. The predicted molar refractivity (Wildman–Crippen MR) is 92.7 cm³/mol. The lowest BCUT2D eigenvalue weighted by Gasteiger charge is -2.24. The molecule has 2 heteroatoms. The van der Waals surface area contributed by atoms with Crippen LogP contribution in [0.25, 0.3) is 0 Å². The Morgan fingerprint density at radius 2 is 1.40 bits per heavy atom. The topological polar surface area (TPSA) is 3.24 Å². The largest absolute Gasteiger partial charge is 0.342 e. The van der Waals surface area contributed by atoms with Crippen LogP contribution in [0.5, 0.6) is 0 Å². The summed E-state index contributed by atoms with van der Waals surface area (Å²) < 4.78 is 0. The van der Waals surface area contributed by atoms with Gasteiger partial charge < -0.3 is 4.90 Å². The standard InChI is InChI=1S/C18H23NSi/c1-16(2)15-20-14-13-19(17-9-5-3-6-10-17)18-11-7-4-8-12-18/h3-12,15H,13-14,20H2,1-2H3. The third kappa shape index (κ3) is 4.39. The van der Waals surface area contributed by atoms with Crippen LogP contribution in [0.4, 0.5) is 11.4 Å². The van der Waals surface area contributed by atoms with Crippen molar-refractivity contribution in [1.82, 2.24) is 0 Å². The van der Waals surface area contributed by atoms with Gasteiger partial charge >= 0.3 is 0 Å². The molecule has 0 atom stereocenters. The molecule has 104 valence electrons. The van der Waals surface area contributed by atoms with E-state index in [9.17, 15) is 0 Å². The van der Waals surface area contributed by atoms with E-state index < -0.39 is 0 Å². The molecule has 1 nitrogen and oxygen atoms in total. The van der Waals surface area contributed by atoms with E-state index in [1.165, 1.54) is 23.0 Å². The summed E-state index contributed by atoms with van der Waals surface area (Å²) in [5, 5.41) is 0. The Labute approximate surface area is 124 Å². The fraction of sp³-hybridized carbons (Fsp3) is 0.222. The summed E-state index contributed by atoms with van der Waals surface area (Å²) in [6.07, 6.45) is 0. The van der Waals surface area contributed by atoms with E-state index in [-0.39, 0.29) is 9.52 Å². The fourth-order valence-electron chi connectivity index (χ4n) is 2.26. The number of hydrogen-bond acceptors (Lipinski definition) is 1. The van der Waals surface area contributed by atoms with Crippen molar-refractivity contribution in [3.05, 3.63) is 71.9 Å². The molecule has 0 fully saturated rings. The van der Waals surface area contributed by atoms with Crippen LogP contribution < -0.4 is 4.90 Å². The number of anilines is 2. The van der Waals surface area contributed by atoms with E-state index >= 15 is 0 Å². The molecule has 0 aliphatic rings. The Kier molecular flexibility index (Phi) is 5.63. The number of benzene rings is 2. The monoisotopic (exact) mass is 281 g/mol. The second-order valence-corrected chi connectivity index (χ2v) is 6.94. The molecule has 2 aromatic carbocycles. The van der Waals surface area contributed by atoms with Crippen LogP contribution >= 0.6 is 0 Å². The lowest BCUT2D eigenvalue weighted by Crippen LogP contribution is -2.19. The molecule has 2 aromatic rings. The number of allylic oxidation sites excluding steroid dienone is 1. The Morgan fingerprint density at radius 3 is 1.85 bits per heavy atom. The SMILES string of the molecule is CC(C)=C[SiH2]CCN(c1ccccc1)c1ccccc1. The average molecular weight is 281 g/mol. The maximum absolute atomic E-state index is 2.45. The molecule has 0 aromatic heterocycles. The minimum absolute atomic E-state index is 0.0924. The highest BCUT2D eigenvalue weighted by atomic mass is 28.2. The van der Waals surface area contributed by atoms with Gasteiger partial charge in [0.2, 0.25) is 0 Å². The van der Waals surface area contributed by atoms with E-state index in [2.05, 4.69) is 85.1 Å². The first kappa shape index (κ1) is 14.6. The second kappa shape index (κ2) is 7.71. The van der Waals surface area contributed by atoms with Gasteiger partial charge in [0.15, 0.2) is 0 Å². The molecule has 0 aliphatic heterocycles. The van der Waals surface area contributed by atoms with Crippen LogP contribution in [0.1, 0.15) is 13.8 Å². The van der Waals surface area contributed by atoms with Crippen LogP contribution in [-0.2, 0) is 0 Å². The van der Waals surface area contributed by atoms with Gasteiger partial charge in [-0.25, -0.2) is 0 Å². The maximum Gasteiger partial charge on any atom is 0.0470 e. The number of hydrogen-bond donors (Lipinski definition) is 0. The summed E-state index contributed by atoms with van der Waals surface area (Å²) in [7, 11) is -0.0924. The lowest BCUT2D eigenvalue weighted by atomic mass is 10.2. The zero-order valence-corrected chi connectivity index (χ0v) is 13.8. The van der Waals surface area contributed by atoms with Gasteiger partial charge in [-0.1, -0.05) is 42.0 Å². The van der Waals surface area contributed by atoms with Gasteiger partial charge in [-0.2, -0.15) is 0 Å². The molecule has 2 rings (SSSR count). The summed E-state index contributed by atoms with van der Waals surface area (Å²) in [6, 6.07) is 22.6. The predicted octanol–water partition coefficient (Wildman–Crippen LogP) is 4.34. The van der Waals surface area contributed by atoms with Gasteiger partial charge in [-0.3, -0.25) is 0 Å². The van der Waals surface area contributed by atoms with Crippen LogP contribution in [0.2, 0.25) is 6.04 Å². The van der Waals surface area contributed by atoms with E-state index in [1.807, 2.05) is 0 Å². The van der Waals surface area contributed by atoms with Crippen molar-refractivity contribution in [2.75, 3.05) is 11.4 Å². The van der Waals surface area contributed by atoms with Crippen LogP contribution in [0.15, 0.2) is 71.9 Å². The highest BCUT2D eigenvalue weighted by Crippen LogP contribution is 2.24. The summed E-state index contributed by atoms with van der Waals surface area (Å²) in [5.41, 5.74) is 6.48. The quantitative estimate of drug-likeness (QED) is 0.562. The summed E-state index contributed by atoms with van der Waals surface area (Å²) in [5.74, 6) is 0. The molecule has 0 radical (unpaired) electrons. The molecule has 0 spiro atoms. The molecule has 0 heterocycles. The zero-order chi connectivity index (χ0) is 14.2. The summed E-state index contributed by atoms with van der Waals surface area (Å²) in [6.45, 7) is 5.49. The van der Waals surface area contributed by atoms with Gasteiger partial charge in [-0.05, 0) is 44.2 Å². The van der Waals surface area contributed by atoms with Gasteiger partial charge in [0.05, 0.1) is 0 Å². The normalized spacial score (nSPS) is 10.7. The van der Waals surface area contributed by atoms with Crippen molar-refractivity contribution in [3.63, 3.8) is 0 Å². The van der Waals surface area contributed by atoms with Crippen molar-refractivity contribution in [3.8, 4) is 0 Å². The van der Waals surface area contributed by atoms with Crippen molar-refractivity contribution < 1.29 is 0 Å². The third-order valence-corrected chi connectivity index (χ3v) is 5.10. The number of rotatable bonds is 6. The van der Waals surface area contributed by atoms with Crippen molar-refractivity contribution in [2.24, 2.45) is 0 Å². The first-order valence-corrected chi connectivity index (χ1v) is 9.10. The van der Waals surface area contributed by atoms with Crippen LogP contribution in [0, 0.1) is 0 Å².